The molecule has 1 aromatic carbocycles. The number of hydrogen-bond donors (Lipinski definition) is 2. The number of aliphatic carboxylic acids is 1. The highest BCUT2D eigenvalue weighted by Gasteiger charge is 2.20. The van der Waals surface area contributed by atoms with Crippen LogP contribution < -0.4 is 5.32 Å². The molecule has 23 heavy (non-hydrogen) atoms. The molecule has 0 saturated carbocycles. The number of nitrogens with one attached hydrogen (secondary N) is 1. The average Bonchev–Trinajstić information content (AvgIpc) is 2.83. The molecule has 6 heteroatoms. The Labute approximate surface area is 135 Å². The summed E-state index contributed by atoms with van der Waals surface area (Å²) in [5.74, 6) is -1.89. The Hall–Kier alpha value is -2.63. The molecule has 6 nitrogen and oxygen atoms in total. The van der Waals surface area contributed by atoms with Gasteiger partial charge in [-0.1, -0.05) is 29.8 Å². The summed E-state index contributed by atoms with van der Waals surface area (Å²) < 4.78 is 1.61. The van der Waals surface area contributed by atoms with Gasteiger partial charge in [-0.25, -0.2) is 0 Å². The summed E-state index contributed by atoms with van der Waals surface area (Å²) in [6, 6.07) is 7.73. The molecular formula is C17H21N3O3. The number of aryl methyl sites for hydroxylation is 2. The molecule has 1 aromatic heterocycles. The van der Waals surface area contributed by atoms with Crippen LogP contribution >= 0.6 is 0 Å². The topological polar surface area (TPSA) is 84.2 Å². The van der Waals surface area contributed by atoms with Crippen LogP contribution in [0.25, 0.3) is 0 Å². The summed E-state index contributed by atoms with van der Waals surface area (Å²) in [5.41, 5.74) is 3.24. The van der Waals surface area contributed by atoms with Gasteiger partial charge in [-0.15, -0.1) is 0 Å². The molecule has 0 saturated heterocycles. The Morgan fingerprint density at radius 3 is 2.65 bits per heavy atom. The predicted molar refractivity (Wildman–Crippen MR) is 86.3 cm³/mol. The van der Waals surface area contributed by atoms with Gasteiger partial charge in [0, 0.05) is 19.3 Å². The third-order valence-corrected chi connectivity index (χ3v) is 3.90. The second-order valence-corrected chi connectivity index (χ2v) is 5.71. The number of carbonyl (C=O) groups is 2. The molecule has 0 aliphatic heterocycles. The first-order valence-electron chi connectivity index (χ1n) is 7.43. The zero-order valence-electron chi connectivity index (χ0n) is 13.5. The van der Waals surface area contributed by atoms with Crippen molar-refractivity contribution in [3.8, 4) is 0 Å². The number of hydrogen-bond acceptors (Lipinski definition) is 3. The number of nitrogens with zero attached hydrogens (tertiary/aromatic N) is 2. The van der Waals surface area contributed by atoms with Gasteiger partial charge in [0.25, 0.3) is 5.91 Å². The van der Waals surface area contributed by atoms with Crippen LogP contribution in [-0.4, -0.2) is 33.3 Å². The smallest absolute Gasteiger partial charge is 0.308 e. The van der Waals surface area contributed by atoms with Crippen LogP contribution in [0.3, 0.4) is 0 Å². The van der Waals surface area contributed by atoms with Crippen molar-refractivity contribution in [2.24, 2.45) is 13.0 Å². The number of benzene rings is 1. The number of amides is 1. The molecule has 1 atom stereocenters. The zero-order chi connectivity index (χ0) is 17.0. The lowest BCUT2D eigenvalue weighted by molar-refractivity contribution is -0.141. The number of rotatable bonds is 6. The Kier molecular flexibility index (Phi) is 5.16. The first-order chi connectivity index (χ1) is 10.9. The van der Waals surface area contributed by atoms with Crippen LogP contribution in [0.2, 0.25) is 0 Å². The van der Waals surface area contributed by atoms with E-state index in [2.05, 4.69) is 10.4 Å². The van der Waals surface area contributed by atoms with Crippen molar-refractivity contribution in [2.75, 3.05) is 6.54 Å². The van der Waals surface area contributed by atoms with Crippen LogP contribution in [-0.2, 0) is 18.3 Å². The minimum absolute atomic E-state index is 0.0798. The van der Waals surface area contributed by atoms with Crippen LogP contribution in [0.5, 0.6) is 0 Å². The third-order valence-electron chi connectivity index (χ3n) is 3.90. The van der Waals surface area contributed by atoms with Gasteiger partial charge in [0.15, 0.2) is 0 Å². The molecule has 0 aliphatic rings. The maximum Gasteiger partial charge on any atom is 0.308 e. The van der Waals surface area contributed by atoms with Gasteiger partial charge in [0.2, 0.25) is 0 Å². The van der Waals surface area contributed by atoms with E-state index in [1.807, 2.05) is 31.2 Å². The predicted octanol–water partition coefficient (Wildman–Crippen LogP) is 1.71. The van der Waals surface area contributed by atoms with E-state index in [4.69, 9.17) is 0 Å². The van der Waals surface area contributed by atoms with E-state index < -0.39 is 11.9 Å². The first kappa shape index (κ1) is 16.7. The number of carbonyl (C=O) groups excluding carboxylic acids is 1. The lowest BCUT2D eigenvalue weighted by atomic mass is 9.98. The molecule has 2 N–H and O–H groups in total. The van der Waals surface area contributed by atoms with Crippen molar-refractivity contribution in [1.29, 1.82) is 0 Å². The number of carboxylic acid groups (broad SMARTS) is 1. The van der Waals surface area contributed by atoms with Crippen LogP contribution in [0, 0.1) is 19.8 Å². The van der Waals surface area contributed by atoms with Crippen molar-refractivity contribution in [2.45, 2.75) is 20.3 Å². The second-order valence-electron chi connectivity index (χ2n) is 5.71. The monoisotopic (exact) mass is 315 g/mol. The summed E-state index contributed by atoms with van der Waals surface area (Å²) in [7, 11) is 1.75. The zero-order valence-corrected chi connectivity index (χ0v) is 13.5. The van der Waals surface area contributed by atoms with Crippen molar-refractivity contribution in [3.63, 3.8) is 0 Å². The molecule has 1 heterocycles. The second kappa shape index (κ2) is 7.09. The molecule has 0 bridgehead atoms. The third kappa shape index (κ3) is 4.18. The van der Waals surface area contributed by atoms with Gasteiger partial charge in [0.1, 0.15) is 0 Å². The quantitative estimate of drug-likeness (QED) is 0.850. The molecule has 2 rings (SSSR count). The van der Waals surface area contributed by atoms with Crippen LogP contribution in [0.4, 0.5) is 0 Å². The molecule has 0 spiro atoms. The van der Waals surface area contributed by atoms with E-state index in [1.54, 1.807) is 18.7 Å². The van der Waals surface area contributed by atoms with Crippen LogP contribution in [0.15, 0.2) is 30.5 Å². The molecule has 0 radical (unpaired) electrons. The SMILES string of the molecule is Cc1cccc(CC(CNC(=O)c2cnn(C)c2C)C(=O)O)c1. The molecular weight excluding hydrogens is 294 g/mol. The van der Waals surface area contributed by atoms with E-state index >= 15 is 0 Å². The largest absolute Gasteiger partial charge is 0.481 e. The van der Waals surface area contributed by atoms with Gasteiger partial charge in [0.05, 0.1) is 17.7 Å². The minimum atomic E-state index is -0.922. The maximum atomic E-state index is 12.2. The molecule has 2 aromatic rings. The molecule has 0 fully saturated rings. The van der Waals surface area contributed by atoms with E-state index in [-0.39, 0.29) is 12.5 Å². The highest BCUT2D eigenvalue weighted by Crippen LogP contribution is 2.12. The normalized spacial score (nSPS) is 12.0. The summed E-state index contributed by atoms with van der Waals surface area (Å²) in [6.07, 6.45) is 1.87. The summed E-state index contributed by atoms with van der Waals surface area (Å²) >= 11 is 0. The minimum Gasteiger partial charge on any atom is -0.481 e. The first-order valence-corrected chi connectivity index (χ1v) is 7.43. The maximum absolute atomic E-state index is 12.2. The summed E-state index contributed by atoms with van der Waals surface area (Å²) in [4.78, 5) is 23.6. The van der Waals surface area contributed by atoms with Gasteiger partial charge in [-0.05, 0) is 25.8 Å². The lowest BCUT2D eigenvalue weighted by Crippen LogP contribution is -2.34. The van der Waals surface area contributed by atoms with Crippen molar-refractivity contribution < 1.29 is 14.7 Å². The van der Waals surface area contributed by atoms with Crippen LogP contribution in [0.1, 0.15) is 27.2 Å². The molecule has 0 aliphatic carbocycles. The van der Waals surface area contributed by atoms with E-state index in [9.17, 15) is 14.7 Å². The number of carboxylic acids is 1. The van der Waals surface area contributed by atoms with E-state index in [1.165, 1.54) is 6.20 Å². The Balaban J connectivity index is 2.01. The Morgan fingerprint density at radius 2 is 2.09 bits per heavy atom. The van der Waals surface area contributed by atoms with Gasteiger partial charge < -0.3 is 10.4 Å². The Morgan fingerprint density at radius 1 is 1.35 bits per heavy atom. The van der Waals surface area contributed by atoms with Crippen molar-refractivity contribution in [1.82, 2.24) is 15.1 Å². The lowest BCUT2D eigenvalue weighted by Gasteiger charge is -2.14. The highest BCUT2D eigenvalue weighted by atomic mass is 16.4. The van der Waals surface area contributed by atoms with E-state index in [0.717, 1.165) is 16.8 Å². The van der Waals surface area contributed by atoms with Gasteiger partial charge in [-0.3, -0.25) is 14.3 Å². The van der Waals surface area contributed by atoms with Gasteiger partial charge >= 0.3 is 5.97 Å². The fourth-order valence-electron chi connectivity index (χ4n) is 2.40. The van der Waals surface area contributed by atoms with Crippen molar-refractivity contribution >= 4 is 11.9 Å². The fourth-order valence-corrected chi connectivity index (χ4v) is 2.40. The molecule has 122 valence electrons. The van der Waals surface area contributed by atoms with Crippen molar-refractivity contribution in [3.05, 3.63) is 52.8 Å². The molecule has 1 amide bonds. The average molecular weight is 315 g/mol. The fraction of sp³-hybridized carbons (Fsp3) is 0.353. The standard InChI is InChI=1S/C17H21N3O3/c1-11-5-4-6-13(7-11)8-14(17(22)23)9-18-16(21)15-10-19-20(3)12(15)2/h4-7,10,14H,8-9H2,1-3H3,(H,18,21)(H,22,23). The van der Waals surface area contributed by atoms with E-state index in [0.29, 0.717) is 12.0 Å². The Bertz CT molecular complexity index is 722. The summed E-state index contributed by atoms with van der Waals surface area (Å²) in [5, 5.41) is 16.1. The summed E-state index contributed by atoms with van der Waals surface area (Å²) in [6.45, 7) is 3.84. The van der Waals surface area contributed by atoms with Gasteiger partial charge in [-0.2, -0.15) is 5.10 Å². The highest BCUT2D eigenvalue weighted by molar-refractivity contribution is 5.95. The number of aromatic nitrogens is 2. The molecule has 1 unspecified atom stereocenters.